The molecule has 0 bridgehead atoms. The van der Waals surface area contributed by atoms with Crippen molar-refractivity contribution >= 4 is 60.2 Å². The fraction of sp³-hybridized carbons (Fsp3) is 0. The molecule has 0 aliphatic carbocycles. The fourth-order valence-corrected chi connectivity index (χ4v) is 7.98. The Morgan fingerprint density at radius 1 is 0.226 bits per heavy atom. The van der Waals surface area contributed by atoms with Gasteiger partial charge in [-0.05, 0) is 119 Å². The fourth-order valence-electron chi connectivity index (χ4n) is 7.98. The number of anilines is 3. The van der Waals surface area contributed by atoms with Crippen molar-refractivity contribution in [2.24, 2.45) is 0 Å². The number of benzene rings is 10. The SMILES string of the molecule is c1ccc(-c2ccc(N(c3ccc(-c4cccc5ccccc45)cc3)c3ccc4ccc5ccccc5c4c3)cc2-c2ccc3ccccc3c2)cc1. The van der Waals surface area contributed by atoms with E-state index in [1.165, 1.54) is 76.5 Å². The van der Waals surface area contributed by atoms with Gasteiger partial charge in [-0.3, -0.25) is 0 Å². The predicted molar refractivity (Wildman–Crippen MR) is 227 cm³/mol. The van der Waals surface area contributed by atoms with E-state index < -0.39 is 0 Å². The average molecular weight is 674 g/mol. The second-order valence-corrected chi connectivity index (χ2v) is 13.8. The monoisotopic (exact) mass is 673 g/mol. The van der Waals surface area contributed by atoms with E-state index in [1.807, 2.05) is 0 Å². The molecule has 0 saturated carbocycles. The highest BCUT2D eigenvalue weighted by Gasteiger charge is 2.18. The molecule has 10 aromatic rings. The van der Waals surface area contributed by atoms with Gasteiger partial charge in [0.25, 0.3) is 0 Å². The summed E-state index contributed by atoms with van der Waals surface area (Å²) in [5.74, 6) is 0. The van der Waals surface area contributed by atoms with Crippen LogP contribution >= 0.6 is 0 Å². The van der Waals surface area contributed by atoms with Crippen LogP contribution in [0.1, 0.15) is 0 Å². The number of nitrogens with zero attached hydrogens (tertiary/aromatic N) is 1. The van der Waals surface area contributed by atoms with Gasteiger partial charge in [0.1, 0.15) is 0 Å². The lowest BCUT2D eigenvalue weighted by Gasteiger charge is -2.27. The third-order valence-corrected chi connectivity index (χ3v) is 10.6. The van der Waals surface area contributed by atoms with E-state index in [1.54, 1.807) is 0 Å². The summed E-state index contributed by atoms with van der Waals surface area (Å²) in [7, 11) is 0. The van der Waals surface area contributed by atoms with Crippen molar-refractivity contribution in [3.63, 3.8) is 0 Å². The molecule has 10 aromatic carbocycles. The van der Waals surface area contributed by atoms with Crippen molar-refractivity contribution < 1.29 is 0 Å². The van der Waals surface area contributed by atoms with Gasteiger partial charge in [-0.2, -0.15) is 0 Å². The number of fused-ring (bicyclic) bond motifs is 5. The van der Waals surface area contributed by atoms with Crippen molar-refractivity contribution in [3.05, 3.63) is 212 Å². The molecule has 0 N–H and O–H groups in total. The van der Waals surface area contributed by atoms with E-state index in [0.717, 1.165) is 17.1 Å². The quantitative estimate of drug-likeness (QED) is 0.159. The maximum atomic E-state index is 2.41. The molecule has 0 aliphatic heterocycles. The summed E-state index contributed by atoms with van der Waals surface area (Å²) in [4.78, 5) is 2.41. The molecule has 53 heavy (non-hydrogen) atoms. The maximum Gasteiger partial charge on any atom is 0.0468 e. The molecule has 10 rings (SSSR count). The number of rotatable bonds is 6. The molecule has 0 saturated heterocycles. The van der Waals surface area contributed by atoms with Gasteiger partial charge >= 0.3 is 0 Å². The first kappa shape index (κ1) is 30.8. The molecule has 0 aliphatic rings. The molecule has 0 atom stereocenters. The second-order valence-electron chi connectivity index (χ2n) is 13.8. The highest BCUT2D eigenvalue weighted by Crippen LogP contribution is 2.43. The van der Waals surface area contributed by atoms with Crippen LogP contribution in [0.4, 0.5) is 17.1 Å². The van der Waals surface area contributed by atoms with Crippen LogP contribution in [-0.4, -0.2) is 0 Å². The van der Waals surface area contributed by atoms with Gasteiger partial charge in [-0.25, -0.2) is 0 Å². The van der Waals surface area contributed by atoms with Crippen LogP contribution in [0.25, 0.3) is 76.5 Å². The van der Waals surface area contributed by atoms with Crippen LogP contribution in [0, 0.1) is 0 Å². The van der Waals surface area contributed by atoms with Gasteiger partial charge in [0.15, 0.2) is 0 Å². The van der Waals surface area contributed by atoms with Crippen LogP contribution in [-0.2, 0) is 0 Å². The molecular weight excluding hydrogens is 639 g/mol. The van der Waals surface area contributed by atoms with Gasteiger partial charge in [0, 0.05) is 17.1 Å². The zero-order valence-corrected chi connectivity index (χ0v) is 29.2. The highest BCUT2D eigenvalue weighted by molar-refractivity contribution is 6.09. The van der Waals surface area contributed by atoms with Crippen molar-refractivity contribution in [2.75, 3.05) is 4.90 Å². The van der Waals surface area contributed by atoms with Crippen molar-refractivity contribution in [1.29, 1.82) is 0 Å². The summed E-state index contributed by atoms with van der Waals surface area (Å²) in [6.45, 7) is 0. The van der Waals surface area contributed by atoms with Gasteiger partial charge in [0.05, 0.1) is 0 Å². The minimum atomic E-state index is 1.10. The first-order valence-corrected chi connectivity index (χ1v) is 18.3. The minimum absolute atomic E-state index is 1.10. The molecule has 0 aromatic heterocycles. The van der Waals surface area contributed by atoms with Gasteiger partial charge in [-0.15, -0.1) is 0 Å². The molecule has 0 fully saturated rings. The molecule has 248 valence electrons. The normalized spacial score (nSPS) is 11.4. The first-order valence-electron chi connectivity index (χ1n) is 18.3. The Hall–Kier alpha value is -6.96. The number of hydrogen-bond donors (Lipinski definition) is 0. The van der Waals surface area contributed by atoms with Crippen LogP contribution in [0.3, 0.4) is 0 Å². The summed E-state index contributed by atoms with van der Waals surface area (Å²) in [5, 5.41) is 9.96. The Morgan fingerprint density at radius 3 is 1.57 bits per heavy atom. The van der Waals surface area contributed by atoms with Crippen molar-refractivity contribution in [1.82, 2.24) is 0 Å². The maximum absolute atomic E-state index is 2.41. The summed E-state index contributed by atoms with van der Waals surface area (Å²) >= 11 is 0. The van der Waals surface area contributed by atoms with Crippen molar-refractivity contribution in [2.45, 2.75) is 0 Å². The largest absolute Gasteiger partial charge is 0.310 e. The predicted octanol–water partition coefficient (Wildman–Crippen LogP) is 14.8. The highest BCUT2D eigenvalue weighted by atomic mass is 15.1. The summed E-state index contributed by atoms with van der Waals surface area (Å²) in [5.41, 5.74) is 10.6. The molecule has 0 unspecified atom stereocenters. The molecule has 0 amide bonds. The third kappa shape index (κ3) is 5.60. The topological polar surface area (TPSA) is 3.24 Å². The lowest BCUT2D eigenvalue weighted by atomic mass is 9.92. The summed E-state index contributed by atoms with van der Waals surface area (Å²) < 4.78 is 0. The Labute approximate surface area is 309 Å². The lowest BCUT2D eigenvalue weighted by molar-refractivity contribution is 1.29. The lowest BCUT2D eigenvalue weighted by Crippen LogP contribution is -2.10. The zero-order valence-electron chi connectivity index (χ0n) is 29.2. The van der Waals surface area contributed by atoms with E-state index in [2.05, 4.69) is 217 Å². The molecule has 1 heteroatoms. The Morgan fingerprint density at radius 2 is 0.755 bits per heavy atom. The summed E-state index contributed by atoms with van der Waals surface area (Å²) in [6.07, 6.45) is 0. The van der Waals surface area contributed by atoms with Gasteiger partial charge in [0.2, 0.25) is 0 Å². The van der Waals surface area contributed by atoms with Crippen LogP contribution in [0.15, 0.2) is 212 Å². The standard InChI is InChI=1S/C52H35N/c1-2-12-37(13-3-1)50-32-31-46(35-52(50)43-24-21-36-11-4-5-16-42(36)33-43)53(45-30-27-41-23-22-39-15-7-9-19-49(39)51(41)34-45)44-28-25-40(26-29-44)48-20-10-17-38-14-6-8-18-47(38)48/h1-35H. The minimum Gasteiger partial charge on any atom is -0.310 e. The Bertz CT molecular complexity index is 2940. The summed E-state index contributed by atoms with van der Waals surface area (Å²) in [6, 6.07) is 77.4. The molecular formula is C52H35N. The molecule has 0 spiro atoms. The van der Waals surface area contributed by atoms with E-state index in [9.17, 15) is 0 Å². The van der Waals surface area contributed by atoms with Crippen LogP contribution < -0.4 is 4.90 Å². The van der Waals surface area contributed by atoms with Gasteiger partial charge < -0.3 is 4.90 Å². The van der Waals surface area contributed by atoms with Gasteiger partial charge in [-0.1, -0.05) is 170 Å². The first-order chi connectivity index (χ1) is 26.3. The molecule has 0 radical (unpaired) electrons. The second kappa shape index (κ2) is 13.0. The third-order valence-electron chi connectivity index (χ3n) is 10.6. The smallest absolute Gasteiger partial charge is 0.0468 e. The zero-order chi connectivity index (χ0) is 35.1. The Balaban J connectivity index is 1.18. The van der Waals surface area contributed by atoms with Crippen molar-refractivity contribution in [3.8, 4) is 33.4 Å². The molecule has 0 heterocycles. The van der Waals surface area contributed by atoms with Crippen LogP contribution in [0.2, 0.25) is 0 Å². The Kier molecular flexibility index (Phi) is 7.55. The van der Waals surface area contributed by atoms with Crippen LogP contribution in [0.5, 0.6) is 0 Å². The van der Waals surface area contributed by atoms with E-state index in [0.29, 0.717) is 0 Å². The van der Waals surface area contributed by atoms with E-state index >= 15 is 0 Å². The molecule has 1 nitrogen and oxygen atoms in total. The van der Waals surface area contributed by atoms with E-state index in [-0.39, 0.29) is 0 Å². The number of hydrogen-bond acceptors (Lipinski definition) is 1. The average Bonchev–Trinajstić information content (AvgIpc) is 3.24. The van der Waals surface area contributed by atoms with E-state index in [4.69, 9.17) is 0 Å².